The molecular formula is C29H37N5O4. The van der Waals surface area contributed by atoms with E-state index in [-0.39, 0.29) is 5.91 Å². The van der Waals surface area contributed by atoms with Crippen LogP contribution in [0.25, 0.3) is 11.5 Å². The fourth-order valence-corrected chi connectivity index (χ4v) is 6.41. The molecule has 3 aromatic rings. The van der Waals surface area contributed by atoms with E-state index in [0.717, 1.165) is 61.1 Å². The van der Waals surface area contributed by atoms with Crippen molar-refractivity contribution in [2.24, 2.45) is 5.92 Å². The number of hydrogen-bond donors (Lipinski definition) is 2. The van der Waals surface area contributed by atoms with Crippen LogP contribution >= 0.6 is 0 Å². The first-order chi connectivity index (χ1) is 18.7. The molecule has 0 saturated carbocycles. The minimum atomic E-state index is 0.0772. The zero-order valence-corrected chi connectivity index (χ0v) is 22.0. The molecule has 6 rings (SSSR count). The lowest BCUT2D eigenvalue weighted by atomic mass is 9.94. The summed E-state index contributed by atoms with van der Waals surface area (Å²) in [7, 11) is 1.70. The fourth-order valence-electron chi connectivity index (χ4n) is 6.41. The second-order valence-corrected chi connectivity index (χ2v) is 10.7. The van der Waals surface area contributed by atoms with Gasteiger partial charge in [0.1, 0.15) is 11.5 Å². The van der Waals surface area contributed by atoms with Gasteiger partial charge in [-0.3, -0.25) is 19.7 Å². The number of carbonyl (C=O) groups excluding carboxylic acids is 1. The van der Waals surface area contributed by atoms with E-state index in [1.807, 2.05) is 24.3 Å². The number of methoxy groups -OCH3 is 1. The summed E-state index contributed by atoms with van der Waals surface area (Å²) in [5.74, 6) is 3.70. The number of H-pyrrole nitrogens is 1. The number of furan rings is 1. The van der Waals surface area contributed by atoms with Gasteiger partial charge in [0.2, 0.25) is 5.91 Å². The average molecular weight is 520 g/mol. The van der Waals surface area contributed by atoms with Crippen molar-refractivity contribution >= 4 is 5.91 Å². The summed E-state index contributed by atoms with van der Waals surface area (Å²) in [5, 5.41) is 10.2. The predicted octanol–water partition coefficient (Wildman–Crippen LogP) is 3.99. The van der Waals surface area contributed by atoms with Crippen LogP contribution in [0.2, 0.25) is 0 Å². The number of aromatic nitrogens is 2. The van der Waals surface area contributed by atoms with Crippen LogP contribution in [-0.2, 0) is 11.3 Å². The van der Waals surface area contributed by atoms with Crippen LogP contribution in [0.4, 0.5) is 0 Å². The molecule has 0 aliphatic carbocycles. The van der Waals surface area contributed by atoms with Gasteiger partial charge in [-0.25, -0.2) is 0 Å². The highest BCUT2D eigenvalue weighted by atomic mass is 16.5. The maximum absolute atomic E-state index is 13.1. The van der Waals surface area contributed by atoms with Gasteiger partial charge in [0.05, 0.1) is 26.8 Å². The molecule has 2 aromatic heterocycles. The largest absolute Gasteiger partial charge is 0.493 e. The van der Waals surface area contributed by atoms with Crippen LogP contribution in [0.15, 0.2) is 47.0 Å². The Balaban J connectivity index is 1.19. The minimum Gasteiger partial charge on any atom is -0.493 e. The molecule has 9 heteroatoms. The first-order valence-corrected chi connectivity index (χ1v) is 13.8. The standard InChI is InChI=1S/C29H37N5O4/c1-36-27-8-6-20-16-28(27)37-14-3-2-12-33(18-22-7-9-26(38-22)23-10-11-31-32-23)19-29(35)30-17-21-15-25(20)34-13-4-5-24(21)34/h6-11,16,21,24-25H,2-5,12-15,17-19H2,1H3,(H,30,35)(H,31,32)/t21-,24+,25-/m1/s1. The van der Waals surface area contributed by atoms with Crippen LogP contribution in [-0.4, -0.2) is 71.8 Å². The number of nitrogens with zero attached hydrogens (tertiary/aromatic N) is 3. The Bertz CT molecular complexity index is 1230. The van der Waals surface area contributed by atoms with Crippen LogP contribution in [0, 0.1) is 5.92 Å². The lowest BCUT2D eigenvalue weighted by Crippen LogP contribution is -2.41. The van der Waals surface area contributed by atoms with Gasteiger partial charge in [-0.05, 0) is 87.0 Å². The van der Waals surface area contributed by atoms with E-state index in [9.17, 15) is 4.79 Å². The molecule has 0 spiro atoms. The first-order valence-electron chi connectivity index (χ1n) is 13.8. The van der Waals surface area contributed by atoms with Crippen molar-refractivity contribution in [2.45, 2.75) is 50.7 Å². The summed E-state index contributed by atoms with van der Waals surface area (Å²) in [6.07, 6.45) is 6.94. The molecule has 1 aromatic carbocycles. The fraction of sp³-hybridized carbons (Fsp3) is 0.517. The van der Waals surface area contributed by atoms with E-state index in [0.29, 0.717) is 44.2 Å². The van der Waals surface area contributed by atoms with Crippen LogP contribution in [0.1, 0.15) is 49.5 Å². The topological polar surface area (TPSA) is 95.9 Å². The molecule has 202 valence electrons. The van der Waals surface area contributed by atoms with E-state index in [1.165, 1.54) is 18.4 Å². The molecule has 3 aliphatic rings. The SMILES string of the molecule is COc1ccc2cc1OCCCCN(Cc1ccc(-c3ccn[nH]3)o1)CC(=O)NC[C@H]1C[C@H]2N2CCC[C@@H]12. The number of fused-ring (bicyclic) bond motifs is 8. The second-order valence-electron chi connectivity index (χ2n) is 10.7. The second kappa shape index (κ2) is 11.2. The number of rotatable bonds is 4. The molecule has 0 radical (unpaired) electrons. The zero-order chi connectivity index (χ0) is 25.9. The van der Waals surface area contributed by atoms with Crippen molar-refractivity contribution in [2.75, 3.05) is 39.9 Å². The van der Waals surface area contributed by atoms with Gasteiger partial charge in [-0.1, -0.05) is 6.07 Å². The van der Waals surface area contributed by atoms with Crippen molar-refractivity contribution in [3.63, 3.8) is 0 Å². The molecule has 4 bridgehead atoms. The highest BCUT2D eigenvalue weighted by Gasteiger charge is 2.44. The van der Waals surface area contributed by atoms with E-state index in [2.05, 4.69) is 37.4 Å². The van der Waals surface area contributed by atoms with Gasteiger partial charge in [-0.2, -0.15) is 5.10 Å². The van der Waals surface area contributed by atoms with Crippen LogP contribution < -0.4 is 14.8 Å². The third-order valence-electron chi connectivity index (χ3n) is 8.25. The van der Waals surface area contributed by atoms with Crippen molar-refractivity contribution in [1.29, 1.82) is 0 Å². The van der Waals surface area contributed by atoms with Gasteiger partial charge >= 0.3 is 0 Å². The Labute approximate surface area is 223 Å². The molecule has 2 N–H and O–H groups in total. The Morgan fingerprint density at radius 3 is 2.95 bits per heavy atom. The molecule has 0 unspecified atom stereocenters. The average Bonchev–Trinajstić information content (AvgIpc) is 3.72. The number of nitrogens with one attached hydrogen (secondary N) is 2. The molecule has 9 nitrogen and oxygen atoms in total. The molecule has 38 heavy (non-hydrogen) atoms. The summed E-state index contributed by atoms with van der Waals surface area (Å²) in [5.41, 5.74) is 2.13. The highest BCUT2D eigenvalue weighted by Crippen LogP contribution is 2.46. The molecule has 1 amide bonds. The molecule has 2 fully saturated rings. The number of hydrogen-bond acceptors (Lipinski definition) is 7. The summed E-state index contributed by atoms with van der Waals surface area (Å²) in [6.45, 7) is 4.12. The number of carbonyl (C=O) groups is 1. The predicted molar refractivity (Wildman–Crippen MR) is 143 cm³/mol. The van der Waals surface area contributed by atoms with E-state index < -0.39 is 0 Å². The smallest absolute Gasteiger partial charge is 0.234 e. The van der Waals surface area contributed by atoms with Gasteiger partial charge in [0.15, 0.2) is 17.3 Å². The number of amides is 1. The summed E-state index contributed by atoms with van der Waals surface area (Å²) in [4.78, 5) is 17.9. The molecule has 3 aliphatic heterocycles. The van der Waals surface area contributed by atoms with Gasteiger partial charge < -0.3 is 19.2 Å². The number of ether oxygens (including phenoxy) is 2. The summed E-state index contributed by atoms with van der Waals surface area (Å²) >= 11 is 0. The number of benzene rings is 1. The quantitative estimate of drug-likeness (QED) is 0.538. The Morgan fingerprint density at radius 2 is 2.08 bits per heavy atom. The van der Waals surface area contributed by atoms with Crippen molar-refractivity contribution in [1.82, 2.24) is 25.3 Å². The lowest BCUT2D eigenvalue weighted by Gasteiger charge is -2.25. The lowest BCUT2D eigenvalue weighted by molar-refractivity contribution is -0.122. The summed E-state index contributed by atoms with van der Waals surface area (Å²) < 4.78 is 17.9. The van der Waals surface area contributed by atoms with Crippen molar-refractivity contribution < 1.29 is 18.7 Å². The number of aromatic amines is 1. The summed E-state index contributed by atoms with van der Waals surface area (Å²) in [6, 6.07) is 13.1. The molecule has 2 saturated heterocycles. The monoisotopic (exact) mass is 519 g/mol. The molecule has 3 atom stereocenters. The van der Waals surface area contributed by atoms with E-state index in [1.54, 1.807) is 13.3 Å². The Kier molecular flexibility index (Phi) is 7.38. The zero-order valence-electron chi connectivity index (χ0n) is 22.0. The Hall–Kier alpha value is -3.30. The van der Waals surface area contributed by atoms with Gasteiger partial charge in [-0.15, -0.1) is 0 Å². The van der Waals surface area contributed by atoms with Crippen LogP contribution in [0.3, 0.4) is 0 Å². The third kappa shape index (κ3) is 5.31. The van der Waals surface area contributed by atoms with E-state index >= 15 is 0 Å². The maximum Gasteiger partial charge on any atom is 0.234 e. The molecule has 5 heterocycles. The normalized spacial score (nSPS) is 25.1. The highest BCUT2D eigenvalue weighted by molar-refractivity contribution is 5.78. The first kappa shape index (κ1) is 25.0. The van der Waals surface area contributed by atoms with Crippen LogP contribution in [0.5, 0.6) is 11.5 Å². The van der Waals surface area contributed by atoms with Gasteiger partial charge in [0.25, 0.3) is 0 Å². The van der Waals surface area contributed by atoms with Crippen molar-refractivity contribution in [3.8, 4) is 23.0 Å². The van der Waals surface area contributed by atoms with Gasteiger partial charge in [0, 0.05) is 24.8 Å². The third-order valence-corrected chi connectivity index (χ3v) is 8.25. The Morgan fingerprint density at radius 1 is 1.13 bits per heavy atom. The maximum atomic E-state index is 13.1. The van der Waals surface area contributed by atoms with E-state index in [4.69, 9.17) is 13.9 Å². The van der Waals surface area contributed by atoms with Crippen molar-refractivity contribution in [3.05, 3.63) is 53.9 Å². The molecular weight excluding hydrogens is 482 g/mol. The minimum absolute atomic E-state index is 0.0772.